The molecule has 0 atom stereocenters. The van der Waals surface area contributed by atoms with Crippen LogP contribution < -0.4 is 15.5 Å². The van der Waals surface area contributed by atoms with Crippen LogP contribution >= 0.6 is 35.4 Å². The van der Waals surface area contributed by atoms with Crippen molar-refractivity contribution in [3.63, 3.8) is 0 Å². The average molecular weight is 434 g/mol. The summed E-state index contributed by atoms with van der Waals surface area (Å²) < 4.78 is 5.61. The van der Waals surface area contributed by atoms with E-state index in [-0.39, 0.29) is 10.9 Å². The number of hydrogen-bond donors (Lipinski definition) is 2. The predicted molar refractivity (Wildman–Crippen MR) is 119 cm³/mol. The topological polar surface area (TPSA) is 57.5 Å². The molecule has 2 N–H and O–H groups in total. The van der Waals surface area contributed by atoms with Crippen LogP contribution in [-0.4, -0.2) is 25.1 Å². The maximum Gasteiger partial charge on any atom is 0.293 e. The van der Waals surface area contributed by atoms with Crippen LogP contribution in [0, 0.1) is 0 Å². The first kappa shape index (κ1) is 20.2. The summed E-state index contributed by atoms with van der Waals surface area (Å²) in [4.78, 5) is 14.4. The molecule has 0 radical (unpaired) electrons. The van der Waals surface area contributed by atoms with E-state index in [0.29, 0.717) is 21.4 Å². The van der Waals surface area contributed by atoms with Gasteiger partial charge in [-0.15, -0.1) is 0 Å². The van der Waals surface area contributed by atoms with Gasteiger partial charge in [0.2, 0.25) is 0 Å². The molecule has 5 nitrogen and oxygen atoms in total. The molecule has 0 aliphatic carbocycles. The summed E-state index contributed by atoms with van der Waals surface area (Å²) in [5.74, 6) is 0.0840. The van der Waals surface area contributed by atoms with Gasteiger partial charge in [0.15, 0.2) is 10.9 Å². The largest absolute Gasteiger partial charge is 0.451 e. The number of nitrogens with one attached hydrogen (secondary N) is 2. The second-order valence-corrected chi connectivity index (χ2v) is 7.31. The Hall–Kier alpha value is -2.54. The highest BCUT2D eigenvalue weighted by Crippen LogP contribution is 2.34. The van der Waals surface area contributed by atoms with Gasteiger partial charge in [0, 0.05) is 31.0 Å². The van der Waals surface area contributed by atoms with E-state index in [9.17, 15) is 4.79 Å². The van der Waals surface area contributed by atoms with Gasteiger partial charge in [0.25, 0.3) is 5.91 Å². The minimum Gasteiger partial charge on any atom is -0.451 e. The molecule has 1 amide bonds. The van der Waals surface area contributed by atoms with Crippen molar-refractivity contribution in [2.75, 3.05) is 24.3 Å². The molecule has 0 unspecified atom stereocenters. The molecular formula is C20H17Cl2N3O2S. The van der Waals surface area contributed by atoms with Crippen molar-refractivity contribution in [3.05, 3.63) is 70.4 Å². The Morgan fingerprint density at radius 1 is 1.04 bits per heavy atom. The number of carbonyl (C=O) groups excluding carboxylic acids is 1. The Morgan fingerprint density at radius 2 is 1.75 bits per heavy atom. The monoisotopic (exact) mass is 433 g/mol. The number of rotatable bonds is 4. The smallest absolute Gasteiger partial charge is 0.293 e. The summed E-state index contributed by atoms with van der Waals surface area (Å²) in [5, 5.41) is 6.50. The molecule has 0 aliphatic rings. The molecule has 0 spiro atoms. The number of hydrogen-bond acceptors (Lipinski definition) is 4. The van der Waals surface area contributed by atoms with Crippen LogP contribution in [0.1, 0.15) is 10.6 Å². The first-order chi connectivity index (χ1) is 13.3. The lowest BCUT2D eigenvalue weighted by Crippen LogP contribution is -2.33. The molecule has 0 saturated carbocycles. The van der Waals surface area contributed by atoms with Crippen molar-refractivity contribution in [2.24, 2.45) is 0 Å². The van der Waals surface area contributed by atoms with Crippen molar-refractivity contribution in [2.45, 2.75) is 0 Å². The minimum atomic E-state index is -0.466. The minimum absolute atomic E-state index is 0.109. The van der Waals surface area contributed by atoms with Crippen LogP contribution in [0.15, 0.2) is 59.0 Å². The summed E-state index contributed by atoms with van der Waals surface area (Å²) in [7, 11) is 3.92. The van der Waals surface area contributed by atoms with Crippen LogP contribution in [-0.2, 0) is 0 Å². The fraction of sp³-hybridized carbons (Fsp3) is 0.100. The van der Waals surface area contributed by atoms with Crippen molar-refractivity contribution < 1.29 is 9.21 Å². The molecule has 8 heteroatoms. The summed E-state index contributed by atoms with van der Waals surface area (Å²) in [6.45, 7) is 0. The number of nitrogens with zero attached hydrogens (tertiary/aromatic N) is 1. The molecular weight excluding hydrogens is 417 g/mol. The lowest BCUT2D eigenvalue weighted by atomic mass is 10.2. The fourth-order valence-electron chi connectivity index (χ4n) is 2.47. The van der Waals surface area contributed by atoms with Crippen LogP contribution in [0.2, 0.25) is 10.0 Å². The Balaban J connectivity index is 1.65. The third-order valence-corrected chi connectivity index (χ3v) is 4.94. The van der Waals surface area contributed by atoms with Crippen molar-refractivity contribution in [1.29, 1.82) is 0 Å². The van der Waals surface area contributed by atoms with E-state index < -0.39 is 5.91 Å². The van der Waals surface area contributed by atoms with Gasteiger partial charge in [-0.05, 0) is 60.7 Å². The Labute approximate surface area is 178 Å². The summed E-state index contributed by atoms with van der Waals surface area (Å²) in [6.07, 6.45) is 0. The normalized spacial score (nSPS) is 10.4. The summed E-state index contributed by atoms with van der Waals surface area (Å²) >= 11 is 17.4. The maximum absolute atomic E-state index is 12.4. The highest BCUT2D eigenvalue weighted by Gasteiger charge is 2.16. The molecule has 1 aromatic heterocycles. The lowest BCUT2D eigenvalue weighted by molar-refractivity contribution is 0.0951. The quantitative estimate of drug-likeness (QED) is 0.535. The van der Waals surface area contributed by atoms with E-state index in [0.717, 1.165) is 11.4 Å². The number of halogens is 2. The Kier molecular flexibility index (Phi) is 6.24. The number of benzene rings is 2. The van der Waals surface area contributed by atoms with Crippen LogP contribution in [0.5, 0.6) is 0 Å². The summed E-state index contributed by atoms with van der Waals surface area (Å²) in [6, 6.07) is 16.0. The molecule has 0 fully saturated rings. The highest BCUT2D eigenvalue weighted by molar-refractivity contribution is 7.80. The standard InChI is InChI=1S/C20H17Cl2N3O2S/c1-25(2)13-8-6-12(7-9-13)23-20(28)24-19(26)17-11-10-16(27-17)14-4-3-5-15(21)18(14)22/h3-11H,1-2H3,(H2,23,24,26,28). The van der Waals surface area contributed by atoms with Crippen LogP contribution in [0.25, 0.3) is 11.3 Å². The van der Waals surface area contributed by atoms with Gasteiger partial charge in [-0.1, -0.05) is 29.3 Å². The van der Waals surface area contributed by atoms with Gasteiger partial charge >= 0.3 is 0 Å². The zero-order valence-electron chi connectivity index (χ0n) is 15.1. The Morgan fingerprint density at radius 3 is 2.43 bits per heavy atom. The SMILES string of the molecule is CN(C)c1ccc(NC(=S)NC(=O)c2ccc(-c3cccc(Cl)c3Cl)o2)cc1. The third kappa shape index (κ3) is 4.65. The van der Waals surface area contributed by atoms with E-state index in [2.05, 4.69) is 10.6 Å². The zero-order chi connectivity index (χ0) is 20.3. The second-order valence-electron chi connectivity index (χ2n) is 6.11. The van der Waals surface area contributed by atoms with E-state index in [1.54, 1.807) is 30.3 Å². The van der Waals surface area contributed by atoms with E-state index in [1.807, 2.05) is 43.3 Å². The first-order valence-corrected chi connectivity index (χ1v) is 9.45. The van der Waals surface area contributed by atoms with Crippen molar-refractivity contribution in [3.8, 4) is 11.3 Å². The van der Waals surface area contributed by atoms with Gasteiger partial charge < -0.3 is 14.6 Å². The fourth-order valence-corrected chi connectivity index (χ4v) is 3.07. The molecule has 28 heavy (non-hydrogen) atoms. The molecule has 3 rings (SSSR count). The third-order valence-electron chi connectivity index (χ3n) is 3.92. The van der Waals surface area contributed by atoms with E-state index in [1.165, 1.54) is 0 Å². The number of thiocarbonyl (C=S) groups is 1. The van der Waals surface area contributed by atoms with Crippen molar-refractivity contribution >= 4 is 57.8 Å². The van der Waals surface area contributed by atoms with Crippen LogP contribution in [0.3, 0.4) is 0 Å². The average Bonchev–Trinajstić information content (AvgIpc) is 3.14. The lowest BCUT2D eigenvalue weighted by Gasteiger charge is -2.13. The van der Waals surface area contributed by atoms with Gasteiger partial charge in [-0.2, -0.15) is 0 Å². The van der Waals surface area contributed by atoms with Crippen LogP contribution in [0.4, 0.5) is 11.4 Å². The summed E-state index contributed by atoms with van der Waals surface area (Å²) in [5.41, 5.74) is 2.43. The number of furan rings is 1. The highest BCUT2D eigenvalue weighted by atomic mass is 35.5. The molecule has 2 aromatic carbocycles. The van der Waals surface area contributed by atoms with E-state index in [4.69, 9.17) is 39.8 Å². The number of carbonyl (C=O) groups is 1. The molecule has 0 saturated heterocycles. The van der Waals surface area contributed by atoms with Crippen molar-refractivity contribution in [1.82, 2.24) is 5.32 Å². The number of amides is 1. The van der Waals surface area contributed by atoms with E-state index >= 15 is 0 Å². The molecule has 1 heterocycles. The molecule has 144 valence electrons. The van der Waals surface area contributed by atoms with Gasteiger partial charge in [-0.3, -0.25) is 10.1 Å². The first-order valence-electron chi connectivity index (χ1n) is 8.29. The molecule has 3 aromatic rings. The Bertz CT molecular complexity index is 1020. The van der Waals surface area contributed by atoms with Gasteiger partial charge in [0.1, 0.15) is 5.76 Å². The maximum atomic E-state index is 12.4. The zero-order valence-corrected chi connectivity index (χ0v) is 17.5. The number of anilines is 2. The molecule has 0 bridgehead atoms. The second kappa shape index (κ2) is 8.65. The van der Waals surface area contributed by atoms with Gasteiger partial charge in [-0.25, -0.2) is 0 Å². The predicted octanol–water partition coefficient (Wildman–Crippen LogP) is 5.45. The van der Waals surface area contributed by atoms with Gasteiger partial charge in [0.05, 0.1) is 10.0 Å². The molecule has 0 aliphatic heterocycles.